The number of thiazole rings is 1. The molecule has 0 atom stereocenters. The lowest BCUT2D eigenvalue weighted by Crippen LogP contribution is -2.29. The van der Waals surface area contributed by atoms with Gasteiger partial charge in [-0.2, -0.15) is 0 Å². The van der Waals surface area contributed by atoms with Crippen LogP contribution in [0.1, 0.15) is 43.7 Å². The third-order valence-electron chi connectivity index (χ3n) is 3.53. The number of aryl methyl sites for hydroxylation is 1. The smallest absolute Gasteiger partial charge is 0.186 e. The maximum absolute atomic E-state index is 4.73. The molecule has 1 N–H and O–H groups in total. The van der Waals surface area contributed by atoms with Crippen LogP contribution in [-0.4, -0.2) is 31.2 Å². The zero-order valence-electron chi connectivity index (χ0n) is 13.0. The molecule has 2 heterocycles. The number of hydrogen-bond acceptors (Lipinski definition) is 4. The van der Waals surface area contributed by atoms with E-state index in [2.05, 4.69) is 43.1 Å². The van der Waals surface area contributed by atoms with Gasteiger partial charge in [-0.3, -0.25) is 0 Å². The Balaban J connectivity index is 1.88. The Kier molecular flexibility index (Phi) is 6.05. The molecule has 0 bridgehead atoms. The van der Waals surface area contributed by atoms with Crippen LogP contribution in [0.4, 0.5) is 5.13 Å². The van der Waals surface area contributed by atoms with Gasteiger partial charge in [0.05, 0.1) is 10.6 Å². The molecule has 0 spiro atoms. The first-order valence-electron chi connectivity index (χ1n) is 7.76. The standard InChI is InChI=1S/C16H27N3S/c1-13(2)12-17-9-7-8-15-14(3)18-16(20-15)19-10-5-4-6-11-19/h7-8,13,17H,4-6,9-12H2,1-3H3. The number of anilines is 1. The molecular weight excluding hydrogens is 266 g/mol. The molecule has 20 heavy (non-hydrogen) atoms. The lowest BCUT2D eigenvalue weighted by atomic mass is 10.1. The monoisotopic (exact) mass is 293 g/mol. The van der Waals surface area contributed by atoms with Gasteiger partial charge in [0.15, 0.2) is 5.13 Å². The van der Waals surface area contributed by atoms with Gasteiger partial charge in [0.25, 0.3) is 0 Å². The summed E-state index contributed by atoms with van der Waals surface area (Å²) >= 11 is 1.83. The van der Waals surface area contributed by atoms with E-state index in [-0.39, 0.29) is 0 Å². The second-order valence-electron chi connectivity index (χ2n) is 5.95. The fraction of sp³-hybridized carbons (Fsp3) is 0.688. The Bertz CT molecular complexity index is 431. The van der Waals surface area contributed by atoms with E-state index in [9.17, 15) is 0 Å². The predicted octanol–water partition coefficient (Wildman–Crippen LogP) is 3.70. The molecule has 4 heteroatoms. The summed E-state index contributed by atoms with van der Waals surface area (Å²) < 4.78 is 0. The van der Waals surface area contributed by atoms with Crippen molar-refractivity contribution in [3.8, 4) is 0 Å². The van der Waals surface area contributed by atoms with Crippen LogP contribution in [0.25, 0.3) is 6.08 Å². The Morgan fingerprint density at radius 3 is 2.75 bits per heavy atom. The molecular formula is C16H27N3S. The van der Waals surface area contributed by atoms with Crippen molar-refractivity contribution >= 4 is 22.5 Å². The quantitative estimate of drug-likeness (QED) is 0.811. The van der Waals surface area contributed by atoms with Crippen molar-refractivity contribution in [3.05, 3.63) is 16.6 Å². The average Bonchev–Trinajstić information content (AvgIpc) is 2.81. The summed E-state index contributed by atoms with van der Waals surface area (Å²) in [5, 5.41) is 4.64. The molecule has 0 amide bonds. The van der Waals surface area contributed by atoms with E-state index in [1.54, 1.807) is 0 Å². The summed E-state index contributed by atoms with van der Waals surface area (Å²) in [7, 11) is 0. The summed E-state index contributed by atoms with van der Waals surface area (Å²) in [6.07, 6.45) is 8.41. The molecule has 0 aromatic carbocycles. The normalized spacial score (nSPS) is 16.5. The lowest BCUT2D eigenvalue weighted by Gasteiger charge is -2.25. The Morgan fingerprint density at radius 2 is 2.05 bits per heavy atom. The second-order valence-corrected chi connectivity index (χ2v) is 6.96. The molecule has 1 aliphatic heterocycles. The van der Waals surface area contributed by atoms with Gasteiger partial charge in [-0.15, -0.1) is 0 Å². The molecule has 1 aromatic heterocycles. The van der Waals surface area contributed by atoms with Gasteiger partial charge in [-0.1, -0.05) is 31.3 Å². The Labute approximate surface area is 127 Å². The van der Waals surface area contributed by atoms with Crippen LogP contribution in [0.15, 0.2) is 6.08 Å². The number of nitrogens with one attached hydrogen (secondary N) is 1. The van der Waals surface area contributed by atoms with Crippen molar-refractivity contribution in [2.45, 2.75) is 40.0 Å². The minimum Gasteiger partial charge on any atom is -0.348 e. The van der Waals surface area contributed by atoms with Crippen LogP contribution in [0.2, 0.25) is 0 Å². The largest absolute Gasteiger partial charge is 0.348 e. The van der Waals surface area contributed by atoms with Crippen molar-refractivity contribution in [2.75, 3.05) is 31.1 Å². The molecule has 1 saturated heterocycles. The number of hydrogen-bond donors (Lipinski definition) is 1. The molecule has 112 valence electrons. The molecule has 1 fully saturated rings. The number of rotatable bonds is 6. The first kappa shape index (κ1) is 15.5. The van der Waals surface area contributed by atoms with E-state index >= 15 is 0 Å². The van der Waals surface area contributed by atoms with Crippen molar-refractivity contribution in [1.29, 1.82) is 0 Å². The minimum atomic E-state index is 0.708. The Morgan fingerprint density at radius 1 is 1.30 bits per heavy atom. The molecule has 1 aliphatic rings. The van der Waals surface area contributed by atoms with Crippen LogP contribution >= 0.6 is 11.3 Å². The third-order valence-corrected chi connectivity index (χ3v) is 4.72. The zero-order valence-corrected chi connectivity index (χ0v) is 13.8. The Hall–Kier alpha value is -0.870. The minimum absolute atomic E-state index is 0.708. The molecule has 2 rings (SSSR count). The van der Waals surface area contributed by atoms with Gasteiger partial charge < -0.3 is 10.2 Å². The topological polar surface area (TPSA) is 28.2 Å². The highest BCUT2D eigenvalue weighted by Crippen LogP contribution is 2.29. The number of piperidine rings is 1. The van der Waals surface area contributed by atoms with Gasteiger partial charge in [0.2, 0.25) is 0 Å². The zero-order chi connectivity index (χ0) is 14.4. The van der Waals surface area contributed by atoms with Crippen molar-refractivity contribution in [3.63, 3.8) is 0 Å². The highest BCUT2D eigenvalue weighted by atomic mass is 32.1. The van der Waals surface area contributed by atoms with E-state index in [0.29, 0.717) is 5.92 Å². The molecule has 0 radical (unpaired) electrons. The van der Waals surface area contributed by atoms with E-state index < -0.39 is 0 Å². The van der Waals surface area contributed by atoms with E-state index in [0.717, 1.165) is 18.8 Å². The molecule has 3 nitrogen and oxygen atoms in total. The summed E-state index contributed by atoms with van der Waals surface area (Å²) in [5.74, 6) is 0.708. The van der Waals surface area contributed by atoms with Crippen LogP contribution in [-0.2, 0) is 0 Å². The molecule has 0 saturated carbocycles. The van der Waals surface area contributed by atoms with Gasteiger partial charge >= 0.3 is 0 Å². The fourth-order valence-corrected chi connectivity index (χ4v) is 3.44. The predicted molar refractivity (Wildman–Crippen MR) is 89.7 cm³/mol. The van der Waals surface area contributed by atoms with Gasteiger partial charge in [-0.05, 0) is 44.7 Å². The van der Waals surface area contributed by atoms with Gasteiger partial charge in [-0.25, -0.2) is 4.98 Å². The van der Waals surface area contributed by atoms with Crippen molar-refractivity contribution < 1.29 is 0 Å². The SMILES string of the molecule is Cc1nc(N2CCCCC2)sc1C=CCNCC(C)C. The number of aromatic nitrogens is 1. The maximum Gasteiger partial charge on any atom is 0.186 e. The second kappa shape index (κ2) is 7.79. The van der Waals surface area contributed by atoms with Crippen LogP contribution < -0.4 is 10.2 Å². The van der Waals surface area contributed by atoms with Gasteiger partial charge in [0, 0.05) is 19.6 Å². The maximum atomic E-state index is 4.73. The molecule has 1 aromatic rings. The van der Waals surface area contributed by atoms with Crippen molar-refractivity contribution in [1.82, 2.24) is 10.3 Å². The fourth-order valence-electron chi connectivity index (χ4n) is 2.39. The summed E-state index contributed by atoms with van der Waals surface area (Å²) in [6, 6.07) is 0. The summed E-state index contributed by atoms with van der Waals surface area (Å²) in [5.41, 5.74) is 1.16. The first-order chi connectivity index (χ1) is 9.66. The third kappa shape index (κ3) is 4.60. The molecule has 0 unspecified atom stereocenters. The van der Waals surface area contributed by atoms with E-state index in [4.69, 9.17) is 4.98 Å². The summed E-state index contributed by atoms with van der Waals surface area (Å²) in [4.78, 5) is 8.48. The highest BCUT2D eigenvalue weighted by Gasteiger charge is 2.15. The van der Waals surface area contributed by atoms with Crippen molar-refractivity contribution in [2.24, 2.45) is 5.92 Å². The molecule has 0 aliphatic carbocycles. The lowest BCUT2D eigenvalue weighted by molar-refractivity contribution is 0.576. The van der Waals surface area contributed by atoms with Crippen LogP contribution in [0.3, 0.4) is 0 Å². The van der Waals surface area contributed by atoms with Gasteiger partial charge in [0.1, 0.15) is 0 Å². The summed E-state index contributed by atoms with van der Waals surface area (Å²) in [6.45, 7) is 10.9. The van der Waals surface area contributed by atoms with Crippen LogP contribution in [0.5, 0.6) is 0 Å². The number of nitrogens with zero attached hydrogens (tertiary/aromatic N) is 2. The average molecular weight is 293 g/mol. The van der Waals surface area contributed by atoms with E-state index in [1.165, 1.54) is 42.4 Å². The first-order valence-corrected chi connectivity index (χ1v) is 8.58. The van der Waals surface area contributed by atoms with E-state index in [1.807, 2.05) is 11.3 Å². The highest BCUT2D eigenvalue weighted by molar-refractivity contribution is 7.16. The van der Waals surface area contributed by atoms with Crippen LogP contribution in [0, 0.1) is 12.8 Å².